The molecule has 24 heavy (non-hydrogen) atoms. The van der Waals surface area contributed by atoms with E-state index >= 15 is 0 Å². The zero-order valence-electron chi connectivity index (χ0n) is 14.5. The predicted molar refractivity (Wildman–Crippen MR) is 90.7 cm³/mol. The summed E-state index contributed by atoms with van der Waals surface area (Å²) < 4.78 is 7.58. The van der Waals surface area contributed by atoms with Crippen LogP contribution in [0.3, 0.4) is 0 Å². The van der Waals surface area contributed by atoms with E-state index in [0.717, 1.165) is 24.2 Å². The van der Waals surface area contributed by atoms with Gasteiger partial charge in [0.05, 0.1) is 12.6 Å². The molecule has 1 aliphatic rings. The Morgan fingerprint density at radius 1 is 1.46 bits per heavy atom. The summed E-state index contributed by atoms with van der Waals surface area (Å²) in [5.74, 6) is 0.977. The van der Waals surface area contributed by atoms with E-state index in [-0.39, 0.29) is 17.6 Å². The van der Waals surface area contributed by atoms with Gasteiger partial charge in [0.1, 0.15) is 24.0 Å². The van der Waals surface area contributed by atoms with E-state index in [2.05, 4.69) is 42.2 Å². The third-order valence-corrected chi connectivity index (χ3v) is 4.27. The molecule has 1 aromatic heterocycles. The van der Waals surface area contributed by atoms with Gasteiger partial charge in [-0.3, -0.25) is 9.48 Å². The van der Waals surface area contributed by atoms with Crippen molar-refractivity contribution < 1.29 is 9.53 Å². The summed E-state index contributed by atoms with van der Waals surface area (Å²) in [5.41, 5.74) is 2.20. The molecule has 0 fully saturated rings. The molecule has 0 bridgehead atoms. The average Bonchev–Trinajstić information content (AvgIpc) is 3.15. The van der Waals surface area contributed by atoms with Crippen molar-refractivity contribution in [2.45, 2.75) is 58.2 Å². The number of hydrogen-bond acceptors (Lipinski definition) is 4. The summed E-state index contributed by atoms with van der Waals surface area (Å²) in [4.78, 5) is 16.1. The van der Waals surface area contributed by atoms with Crippen LogP contribution in [0.25, 0.3) is 0 Å². The number of carbonyl (C=O) groups is 1. The smallest absolute Gasteiger partial charge is 0.222 e. The molecule has 1 aliphatic heterocycles. The molecule has 6 heteroatoms. The first-order valence-electron chi connectivity index (χ1n) is 8.40. The minimum atomic E-state index is -0.149. The number of ether oxygens (including phenoxy) is 1. The van der Waals surface area contributed by atoms with Gasteiger partial charge in [0, 0.05) is 12.8 Å². The zero-order valence-corrected chi connectivity index (χ0v) is 14.5. The number of amides is 1. The van der Waals surface area contributed by atoms with Crippen LogP contribution in [0.4, 0.5) is 0 Å². The van der Waals surface area contributed by atoms with Crippen LogP contribution in [0, 0.1) is 0 Å². The number of benzene rings is 1. The third kappa shape index (κ3) is 3.75. The normalized spacial score (nSPS) is 16.3. The van der Waals surface area contributed by atoms with Gasteiger partial charge in [0.25, 0.3) is 0 Å². The SMILES string of the molecule is CCC(NC(=O)CCn1cncn1)c1ccc2c(c1)CC(C)(C)O2. The summed E-state index contributed by atoms with van der Waals surface area (Å²) >= 11 is 0. The van der Waals surface area contributed by atoms with Crippen LogP contribution < -0.4 is 10.1 Å². The fourth-order valence-corrected chi connectivity index (χ4v) is 3.10. The van der Waals surface area contributed by atoms with E-state index in [1.807, 2.05) is 12.1 Å². The molecular formula is C18H24N4O2. The minimum absolute atomic E-state index is 0.0160. The lowest BCUT2D eigenvalue weighted by molar-refractivity contribution is -0.122. The van der Waals surface area contributed by atoms with Crippen molar-refractivity contribution in [3.05, 3.63) is 42.0 Å². The number of rotatable bonds is 6. The molecule has 2 heterocycles. The van der Waals surface area contributed by atoms with Gasteiger partial charge in [0.15, 0.2) is 0 Å². The maximum atomic E-state index is 12.2. The molecule has 1 aromatic carbocycles. The van der Waals surface area contributed by atoms with Crippen LogP contribution in [0.15, 0.2) is 30.9 Å². The maximum absolute atomic E-state index is 12.2. The summed E-state index contributed by atoms with van der Waals surface area (Å²) in [6, 6.07) is 6.24. The van der Waals surface area contributed by atoms with Gasteiger partial charge < -0.3 is 10.1 Å². The number of nitrogens with zero attached hydrogens (tertiary/aromatic N) is 3. The molecule has 1 unspecified atom stereocenters. The van der Waals surface area contributed by atoms with Gasteiger partial charge in [-0.05, 0) is 43.5 Å². The Labute approximate surface area is 142 Å². The molecule has 0 radical (unpaired) electrons. The lowest BCUT2D eigenvalue weighted by Crippen LogP contribution is -2.29. The Bertz CT molecular complexity index is 710. The van der Waals surface area contributed by atoms with Crippen molar-refractivity contribution >= 4 is 5.91 Å². The van der Waals surface area contributed by atoms with Crippen LogP contribution in [-0.2, 0) is 17.8 Å². The Hall–Kier alpha value is -2.37. The van der Waals surface area contributed by atoms with Crippen molar-refractivity contribution in [2.75, 3.05) is 0 Å². The number of fused-ring (bicyclic) bond motifs is 1. The lowest BCUT2D eigenvalue weighted by atomic mass is 9.97. The largest absolute Gasteiger partial charge is 0.487 e. The van der Waals surface area contributed by atoms with Crippen molar-refractivity contribution in [2.24, 2.45) is 0 Å². The number of aryl methyl sites for hydroxylation is 1. The van der Waals surface area contributed by atoms with Crippen molar-refractivity contribution in [3.8, 4) is 5.75 Å². The number of hydrogen-bond donors (Lipinski definition) is 1. The molecule has 1 amide bonds. The maximum Gasteiger partial charge on any atom is 0.222 e. The second kappa shape index (κ2) is 6.63. The molecule has 128 valence electrons. The highest BCUT2D eigenvalue weighted by molar-refractivity contribution is 5.76. The highest BCUT2D eigenvalue weighted by Crippen LogP contribution is 2.36. The van der Waals surface area contributed by atoms with Crippen LogP contribution in [0.1, 0.15) is 50.8 Å². The third-order valence-electron chi connectivity index (χ3n) is 4.27. The summed E-state index contributed by atoms with van der Waals surface area (Å²) in [5, 5.41) is 7.13. The first-order valence-corrected chi connectivity index (χ1v) is 8.40. The highest BCUT2D eigenvalue weighted by atomic mass is 16.5. The average molecular weight is 328 g/mol. The standard InChI is InChI=1S/C18H24N4O2/c1-4-15(21-17(23)7-8-22-12-19-11-20-22)13-5-6-16-14(9-13)10-18(2,3)24-16/h5-6,9,11-12,15H,4,7-8,10H2,1-3H3,(H,21,23). The fraction of sp³-hybridized carbons (Fsp3) is 0.500. The second-order valence-electron chi connectivity index (χ2n) is 6.84. The Morgan fingerprint density at radius 3 is 3.00 bits per heavy atom. The van der Waals surface area contributed by atoms with Crippen molar-refractivity contribution in [1.82, 2.24) is 20.1 Å². The van der Waals surface area contributed by atoms with E-state index in [1.165, 1.54) is 11.9 Å². The van der Waals surface area contributed by atoms with E-state index in [0.29, 0.717) is 13.0 Å². The van der Waals surface area contributed by atoms with Crippen LogP contribution in [-0.4, -0.2) is 26.3 Å². The molecule has 0 saturated carbocycles. The predicted octanol–water partition coefficient (Wildman–Crippen LogP) is 2.65. The quantitative estimate of drug-likeness (QED) is 0.885. The molecule has 3 rings (SSSR count). The van der Waals surface area contributed by atoms with E-state index < -0.39 is 0 Å². The minimum Gasteiger partial charge on any atom is -0.487 e. The second-order valence-corrected chi connectivity index (χ2v) is 6.84. The van der Waals surface area contributed by atoms with E-state index in [1.54, 1.807) is 11.0 Å². The molecule has 0 spiro atoms. The Kier molecular flexibility index (Phi) is 4.55. The molecule has 6 nitrogen and oxygen atoms in total. The van der Waals surface area contributed by atoms with Gasteiger partial charge in [-0.25, -0.2) is 4.98 Å². The van der Waals surface area contributed by atoms with Gasteiger partial charge in [-0.2, -0.15) is 5.10 Å². The number of nitrogens with one attached hydrogen (secondary N) is 1. The molecule has 1 N–H and O–H groups in total. The monoisotopic (exact) mass is 328 g/mol. The molecule has 2 aromatic rings. The molecular weight excluding hydrogens is 304 g/mol. The molecule has 0 saturated heterocycles. The zero-order chi connectivity index (χ0) is 17.2. The summed E-state index contributed by atoms with van der Waals surface area (Å²) in [6.45, 7) is 6.80. The number of aromatic nitrogens is 3. The Balaban J connectivity index is 1.63. The van der Waals surface area contributed by atoms with Gasteiger partial charge >= 0.3 is 0 Å². The lowest BCUT2D eigenvalue weighted by Gasteiger charge is -2.18. The van der Waals surface area contributed by atoms with Crippen LogP contribution >= 0.6 is 0 Å². The first kappa shape index (κ1) is 16.5. The number of carbonyl (C=O) groups excluding carboxylic acids is 1. The van der Waals surface area contributed by atoms with Crippen LogP contribution in [0.5, 0.6) is 5.75 Å². The van der Waals surface area contributed by atoms with Crippen LogP contribution in [0.2, 0.25) is 0 Å². The van der Waals surface area contributed by atoms with Gasteiger partial charge in [0.2, 0.25) is 5.91 Å². The van der Waals surface area contributed by atoms with Gasteiger partial charge in [-0.1, -0.05) is 13.0 Å². The highest BCUT2D eigenvalue weighted by Gasteiger charge is 2.30. The molecule has 1 atom stereocenters. The summed E-state index contributed by atoms with van der Waals surface area (Å²) in [6.07, 6.45) is 5.22. The first-order chi connectivity index (χ1) is 11.5. The van der Waals surface area contributed by atoms with E-state index in [9.17, 15) is 4.79 Å². The Morgan fingerprint density at radius 2 is 2.29 bits per heavy atom. The van der Waals surface area contributed by atoms with Crippen molar-refractivity contribution in [1.29, 1.82) is 0 Å². The van der Waals surface area contributed by atoms with E-state index in [4.69, 9.17) is 4.74 Å². The topological polar surface area (TPSA) is 69.0 Å². The summed E-state index contributed by atoms with van der Waals surface area (Å²) in [7, 11) is 0. The fourth-order valence-electron chi connectivity index (χ4n) is 3.10. The van der Waals surface area contributed by atoms with Crippen molar-refractivity contribution in [3.63, 3.8) is 0 Å². The van der Waals surface area contributed by atoms with Gasteiger partial charge in [-0.15, -0.1) is 0 Å². The molecule has 0 aliphatic carbocycles.